The Kier molecular flexibility index (Phi) is 4.21. The van der Waals surface area contributed by atoms with Crippen LogP contribution in [0.1, 0.15) is 32.1 Å². The molecule has 0 unspecified atom stereocenters. The lowest BCUT2D eigenvalue weighted by Gasteiger charge is -2.29. The molecule has 2 saturated heterocycles. The Balaban J connectivity index is 1.65. The smallest absolute Gasteiger partial charge is 0.241 e. The van der Waals surface area contributed by atoms with Crippen molar-refractivity contribution >= 4 is 17.3 Å². The molecule has 0 saturated carbocycles. The Morgan fingerprint density at radius 1 is 1.20 bits per heavy atom. The van der Waals surface area contributed by atoms with Crippen molar-refractivity contribution in [2.45, 2.75) is 38.1 Å². The number of anilines is 2. The standard InChI is InChI=1S/C16H23N3O/c20-16(15-8-5-9-17-15)18-13-6-4-7-14(12-13)19-10-2-1-3-11-19/h4,6-7,12,15,17H,1-3,5,8-11H2,(H,18,20)/t15-/m1/s1. The second kappa shape index (κ2) is 6.27. The second-order valence-electron chi connectivity index (χ2n) is 5.74. The lowest BCUT2D eigenvalue weighted by Crippen LogP contribution is -2.35. The van der Waals surface area contributed by atoms with Crippen LogP contribution in [0.3, 0.4) is 0 Å². The molecule has 2 N–H and O–H groups in total. The molecule has 4 nitrogen and oxygen atoms in total. The van der Waals surface area contributed by atoms with Gasteiger partial charge in [-0.15, -0.1) is 0 Å². The Bertz CT molecular complexity index is 463. The predicted molar refractivity (Wildman–Crippen MR) is 82.2 cm³/mol. The van der Waals surface area contributed by atoms with Gasteiger partial charge in [-0.05, 0) is 56.8 Å². The van der Waals surface area contributed by atoms with Crippen molar-refractivity contribution in [2.75, 3.05) is 29.9 Å². The van der Waals surface area contributed by atoms with Crippen LogP contribution in [0.2, 0.25) is 0 Å². The van der Waals surface area contributed by atoms with E-state index in [4.69, 9.17) is 0 Å². The lowest BCUT2D eigenvalue weighted by molar-refractivity contribution is -0.117. The summed E-state index contributed by atoms with van der Waals surface area (Å²) in [6, 6.07) is 8.21. The molecule has 2 aliphatic heterocycles. The van der Waals surface area contributed by atoms with Crippen molar-refractivity contribution < 1.29 is 4.79 Å². The zero-order valence-corrected chi connectivity index (χ0v) is 11.9. The first-order chi connectivity index (χ1) is 9.83. The molecular weight excluding hydrogens is 250 g/mol. The van der Waals surface area contributed by atoms with Crippen LogP contribution in [-0.4, -0.2) is 31.6 Å². The average Bonchev–Trinajstić information content (AvgIpc) is 3.03. The molecule has 0 radical (unpaired) electrons. The summed E-state index contributed by atoms with van der Waals surface area (Å²) in [5, 5.41) is 6.27. The van der Waals surface area contributed by atoms with E-state index in [1.54, 1.807) is 0 Å². The Morgan fingerprint density at radius 2 is 2.05 bits per heavy atom. The van der Waals surface area contributed by atoms with E-state index >= 15 is 0 Å². The summed E-state index contributed by atoms with van der Waals surface area (Å²) < 4.78 is 0. The molecule has 0 bridgehead atoms. The summed E-state index contributed by atoms with van der Waals surface area (Å²) in [6.45, 7) is 3.20. The van der Waals surface area contributed by atoms with Crippen molar-refractivity contribution in [1.82, 2.24) is 5.32 Å². The topological polar surface area (TPSA) is 44.4 Å². The number of nitrogens with one attached hydrogen (secondary N) is 2. The molecule has 3 rings (SSSR count). The molecule has 1 atom stereocenters. The van der Waals surface area contributed by atoms with Gasteiger partial charge in [-0.1, -0.05) is 6.07 Å². The number of nitrogens with zero attached hydrogens (tertiary/aromatic N) is 1. The van der Waals surface area contributed by atoms with Gasteiger partial charge in [0.1, 0.15) is 0 Å². The van der Waals surface area contributed by atoms with Gasteiger partial charge in [0.15, 0.2) is 0 Å². The zero-order chi connectivity index (χ0) is 13.8. The molecule has 108 valence electrons. The highest BCUT2D eigenvalue weighted by atomic mass is 16.2. The van der Waals surface area contributed by atoms with Crippen molar-refractivity contribution in [1.29, 1.82) is 0 Å². The van der Waals surface area contributed by atoms with E-state index in [-0.39, 0.29) is 11.9 Å². The highest BCUT2D eigenvalue weighted by molar-refractivity contribution is 5.95. The SMILES string of the molecule is O=C(Nc1cccc(N2CCCCC2)c1)[C@H]1CCCN1. The highest BCUT2D eigenvalue weighted by Crippen LogP contribution is 2.23. The summed E-state index contributed by atoms with van der Waals surface area (Å²) in [6.07, 6.45) is 5.90. The van der Waals surface area contributed by atoms with Gasteiger partial charge in [-0.3, -0.25) is 4.79 Å². The van der Waals surface area contributed by atoms with Crippen LogP contribution in [0.4, 0.5) is 11.4 Å². The largest absolute Gasteiger partial charge is 0.371 e. The van der Waals surface area contributed by atoms with Gasteiger partial charge in [0.2, 0.25) is 5.91 Å². The Hall–Kier alpha value is -1.55. The molecule has 2 fully saturated rings. The summed E-state index contributed by atoms with van der Waals surface area (Å²) >= 11 is 0. The van der Waals surface area contributed by atoms with E-state index in [9.17, 15) is 4.79 Å². The third-order valence-electron chi connectivity index (χ3n) is 4.21. The third-order valence-corrected chi connectivity index (χ3v) is 4.21. The fraction of sp³-hybridized carbons (Fsp3) is 0.562. The Labute approximate surface area is 120 Å². The van der Waals surface area contributed by atoms with Crippen molar-refractivity contribution in [3.8, 4) is 0 Å². The van der Waals surface area contributed by atoms with Crippen LogP contribution >= 0.6 is 0 Å². The van der Waals surface area contributed by atoms with E-state index in [0.717, 1.165) is 38.2 Å². The molecule has 1 amide bonds. The van der Waals surface area contributed by atoms with E-state index < -0.39 is 0 Å². The van der Waals surface area contributed by atoms with Gasteiger partial charge >= 0.3 is 0 Å². The number of hydrogen-bond acceptors (Lipinski definition) is 3. The van der Waals surface area contributed by atoms with Gasteiger partial charge in [0, 0.05) is 24.5 Å². The third kappa shape index (κ3) is 3.12. The predicted octanol–water partition coefficient (Wildman–Crippen LogP) is 2.37. The van der Waals surface area contributed by atoms with Crippen LogP contribution in [0.25, 0.3) is 0 Å². The number of carbonyl (C=O) groups excluding carboxylic acids is 1. The molecule has 1 aromatic rings. The van der Waals surface area contributed by atoms with Gasteiger partial charge < -0.3 is 15.5 Å². The van der Waals surface area contributed by atoms with E-state index in [1.165, 1.54) is 24.9 Å². The first kappa shape index (κ1) is 13.4. The molecule has 20 heavy (non-hydrogen) atoms. The Morgan fingerprint density at radius 3 is 2.80 bits per heavy atom. The second-order valence-corrected chi connectivity index (χ2v) is 5.74. The summed E-state index contributed by atoms with van der Waals surface area (Å²) in [5.74, 6) is 0.0956. The number of carbonyl (C=O) groups is 1. The van der Waals surface area contributed by atoms with Gasteiger partial charge in [0.05, 0.1) is 6.04 Å². The molecule has 2 heterocycles. The molecule has 4 heteroatoms. The average molecular weight is 273 g/mol. The normalized spacial score (nSPS) is 22.8. The van der Waals surface area contributed by atoms with Crippen LogP contribution < -0.4 is 15.5 Å². The molecule has 0 aliphatic carbocycles. The fourth-order valence-electron chi connectivity index (χ4n) is 3.07. The van der Waals surface area contributed by atoms with Crippen LogP contribution in [0.5, 0.6) is 0 Å². The molecule has 1 aromatic carbocycles. The lowest BCUT2D eigenvalue weighted by atomic mass is 10.1. The summed E-state index contributed by atoms with van der Waals surface area (Å²) in [7, 11) is 0. The van der Waals surface area contributed by atoms with E-state index in [0.29, 0.717) is 0 Å². The first-order valence-electron chi connectivity index (χ1n) is 7.72. The van der Waals surface area contributed by atoms with Crippen molar-refractivity contribution in [3.63, 3.8) is 0 Å². The minimum absolute atomic E-state index is 0.0198. The maximum Gasteiger partial charge on any atom is 0.241 e. The fourth-order valence-corrected chi connectivity index (χ4v) is 3.07. The molecular formula is C16H23N3O. The maximum atomic E-state index is 12.1. The molecule has 0 spiro atoms. The van der Waals surface area contributed by atoms with Crippen LogP contribution in [-0.2, 0) is 4.79 Å². The number of rotatable bonds is 3. The molecule has 0 aromatic heterocycles. The van der Waals surface area contributed by atoms with Gasteiger partial charge in [-0.25, -0.2) is 0 Å². The van der Waals surface area contributed by atoms with Gasteiger partial charge in [-0.2, -0.15) is 0 Å². The summed E-state index contributed by atoms with van der Waals surface area (Å²) in [5.41, 5.74) is 2.13. The van der Waals surface area contributed by atoms with E-state index in [2.05, 4.69) is 27.7 Å². The minimum atomic E-state index is -0.0198. The van der Waals surface area contributed by atoms with Crippen LogP contribution in [0, 0.1) is 0 Å². The first-order valence-corrected chi connectivity index (χ1v) is 7.72. The molecule has 2 aliphatic rings. The monoisotopic (exact) mass is 273 g/mol. The highest BCUT2D eigenvalue weighted by Gasteiger charge is 2.22. The quantitative estimate of drug-likeness (QED) is 0.888. The maximum absolute atomic E-state index is 12.1. The van der Waals surface area contributed by atoms with Gasteiger partial charge in [0.25, 0.3) is 0 Å². The number of piperidine rings is 1. The van der Waals surface area contributed by atoms with Crippen LogP contribution in [0.15, 0.2) is 24.3 Å². The minimum Gasteiger partial charge on any atom is -0.371 e. The number of hydrogen-bond donors (Lipinski definition) is 2. The number of amides is 1. The summed E-state index contributed by atoms with van der Waals surface area (Å²) in [4.78, 5) is 14.5. The number of benzene rings is 1. The van der Waals surface area contributed by atoms with Crippen molar-refractivity contribution in [2.24, 2.45) is 0 Å². The van der Waals surface area contributed by atoms with E-state index in [1.807, 2.05) is 12.1 Å². The van der Waals surface area contributed by atoms with Crippen molar-refractivity contribution in [3.05, 3.63) is 24.3 Å². The zero-order valence-electron chi connectivity index (χ0n) is 11.9.